The Balaban J connectivity index is 4.96. The summed E-state index contributed by atoms with van der Waals surface area (Å²) in [6.45, 7) is 9.04. The van der Waals surface area contributed by atoms with E-state index in [1.165, 1.54) is 82.9 Å². The highest BCUT2D eigenvalue weighted by molar-refractivity contribution is 8.22. The van der Waals surface area contributed by atoms with Gasteiger partial charge in [0.2, 0.25) is 0 Å². The third-order valence-electron chi connectivity index (χ3n) is 3.19. The van der Waals surface area contributed by atoms with Crippen LogP contribution in [0.5, 0.6) is 0 Å². The van der Waals surface area contributed by atoms with Crippen LogP contribution in [0, 0.1) is 0 Å². The zero-order valence-electron chi connectivity index (χ0n) is 16.1. The molecule has 0 spiro atoms. The summed E-state index contributed by atoms with van der Waals surface area (Å²) in [5, 5.41) is 0. The van der Waals surface area contributed by atoms with Crippen molar-refractivity contribution in [3.05, 3.63) is 19.9 Å². The van der Waals surface area contributed by atoms with Crippen LogP contribution in [0.25, 0.3) is 0 Å². The number of rotatable bonds is 16. The van der Waals surface area contributed by atoms with Crippen LogP contribution in [0.2, 0.25) is 0 Å². The predicted molar refractivity (Wildman–Crippen MR) is 124 cm³/mol. The van der Waals surface area contributed by atoms with Crippen molar-refractivity contribution in [3.8, 4) is 0 Å². The van der Waals surface area contributed by atoms with E-state index in [2.05, 4.69) is 39.2 Å². The summed E-state index contributed by atoms with van der Waals surface area (Å²) < 4.78 is 2.67. The van der Waals surface area contributed by atoms with Gasteiger partial charge in [-0.25, -0.2) is 0 Å². The van der Waals surface area contributed by atoms with Gasteiger partial charge in [0.25, 0.3) is 0 Å². The molecule has 0 aromatic rings. The molecule has 0 amide bonds. The highest BCUT2D eigenvalue weighted by atomic mass is 32.2. The minimum atomic E-state index is 1.21. The molecule has 0 saturated carbocycles. The van der Waals surface area contributed by atoms with E-state index in [0.717, 1.165) is 0 Å². The molecule has 0 aromatic carbocycles. The molecule has 0 aliphatic carbocycles. The van der Waals surface area contributed by atoms with Gasteiger partial charge < -0.3 is 0 Å². The molecule has 0 atom stereocenters. The summed E-state index contributed by atoms with van der Waals surface area (Å²) in [7, 11) is 0. The highest BCUT2D eigenvalue weighted by Gasteiger charge is 2.01. The Morgan fingerprint density at radius 2 is 0.750 bits per heavy atom. The second kappa shape index (κ2) is 20.0. The molecule has 140 valence electrons. The van der Waals surface area contributed by atoms with Gasteiger partial charge in [-0.3, -0.25) is 0 Å². The van der Waals surface area contributed by atoms with Crippen LogP contribution in [-0.2, 0) is 0 Å². The maximum atomic E-state index is 3.51. The molecule has 0 N–H and O–H groups in total. The predicted octanol–water partition coefficient (Wildman–Crippen LogP) is 8.56. The van der Waals surface area contributed by atoms with Gasteiger partial charge in [-0.05, 0) is 60.2 Å². The van der Waals surface area contributed by atoms with Gasteiger partial charge in [0, 0.05) is 0 Å². The Morgan fingerprint density at radius 3 is 0.958 bits per heavy atom. The van der Waals surface area contributed by atoms with Crippen molar-refractivity contribution in [1.82, 2.24) is 0 Å². The summed E-state index contributed by atoms with van der Waals surface area (Å²) in [4.78, 5) is 0. The summed E-state index contributed by atoms with van der Waals surface area (Å²) in [5.74, 6) is 4.84. The largest absolute Gasteiger partial charge is 0.110 e. The second-order valence-electron chi connectivity index (χ2n) is 5.63. The molecule has 0 bridgehead atoms. The van der Waals surface area contributed by atoms with Crippen LogP contribution < -0.4 is 0 Å². The van der Waals surface area contributed by atoms with E-state index in [1.54, 1.807) is 0 Å². The van der Waals surface area contributed by atoms with Gasteiger partial charge >= 0.3 is 0 Å². The average Bonchev–Trinajstić information content (AvgIpc) is 2.59. The lowest BCUT2D eigenvalue weighted by molar-refractivity contribution is 0.896. The van der Waals surface area contributed by atoms with E-state index < -0.39 is 0 Å². The number of hydrogen-bond donors (Lipinski definition) is 0. The molecule has 0 heterocycles. The Hall–Kier alpha value is 0.700. The first-order chi connectivity index (χ1) is 11.8. The molecular formula is C20H36S4. The van der Waals surface area contributed by atoms with E-state index in [-0.39, 0.29) is 0 Å². The van der Waals surface area contributed by atoms with Gasteiger partial charge in [-0.1, -0.05) is 53.4 Å². The Bertz CT molecular complexity index is 317. The van der Waals surface area contributed by atoms with Crippen molar-refractivity contribution in [1.29, 1.82) is 0 Å². The van der Waals surface area contributed by atoms with Crippen molar-refractivity contribution in [2.24, 2.45) is 0 Å². The molecule has 0 radical (unpaired) electrons. The first kappa shape index (κ1) is 24.7. The number of thioether (sulfide) groups is 4. The smallest absolute Gasteiger partial charge is 0.0909 e. The van der Waals surface area contributed by atoms with E-state index >= 15 is 0 Å². The van der Waals surface area contributed by atoms with Gasteiger partial charge in [0.1, 0.15) is 0 Å². The van der Waals surface area contributed by atoms with E-state index in [4.69, 9.17) is 0 Å². The summed E-state index contributed by atoms with van der Waals surface area (Å²) in [5.41, 5.74) is 7.01. The summed E-state index contributed by atoms with van der Waals surface area (Å²) >= 11 is 7.88. The summed E-state index contributed by atoms with van der Waals surface area (Å²) in [6, 6.07) is 0. The lowest BCUT2D eigenvalue weighted by Crippen LogP contribution is -1.82. The van der Waals surface area contributed by atoms with Crippen LogP contribution in [-0.4, -0.2) is 23.0 Å². The quantitative estimate of drug-likeness (QED) is 0.186. The lowest BCUT2D eigenvalue weighted by Gasteiger charge is -2.04. The van der Waals surface area contributed by atoms with Crippen molar-refractivity contribution in [3.63, 3.8) is 0 Å². The molecule has 0 nitrogen and oxygen atoms in total. The van der Waals surface area contributed by atoms with Crippen molar-refractivity contribution in [2.45, 2.75) is 79.1 Å². The second-order valence-corrected chi connectivity index (χ2v) is 10.6. The van der Waals surface area contributed by atoms with E-state index in [9.17, 15) is 0 Å². The van der Waals surface area contributed by atoms with Crippen molar-refractivity contribution >= 4 is 47.0 Å². The number of hydrogen-bond acceptors (Lipinski definition) is 4. The first-order valence-corrected chi connectivity index (χ1v) is 13.5. The Morgan fingerprint density at radius 1 is 0.500 bits per heavy atom. The van der Waals surface area contributed by atoms with Crippen LogP contribution in [0.1, 0.15) is 79.1 Å². The molecule has 24 heavy (non-hydrogen) atoms. The third-order valence-corrected chi connectivity index (χ3v) is 8.03. The van der Waals surface area contributed by atoms with Crippen LogP contribution in [0.3, 0.4) is 0 Å². The monoisotopic (exact) mass is 404 g/mol. The van der Waals surface area contributed by atoms with Crippen molar-refractivity contribution in [2.75, 3.05) is 23.0 Å². The zero-order valence-corrected chi connectivity index (χ0v) is 19.4. The average molecular weight is 405 g/mol. The molecule has 0 aliphatic heterocycles. The van der Waals surface area contributed by atoms with Crippen LogP contribution in [0.15, 0.2) is 19.9 Å². The maximum absolute atomic E-state index is 3.51. The zero-order chi connectivity index (χ0) is 17.9. The molecule has 0 unspecified atom stereocenters. The minimum Gasteiger partial charge on any atom is -0.110 e. The third kappa shape index (κ3) is 16.2. The normalized spacial score (nSPS) is 10.3. The fourth-order valence-electron chi connectivity index (χ4n) is 1.57. The van der Waals surface area contributed by atoms with Gasteiger partial charge in [0.15, 0.2) is 0 Å². The number of unbranched alkanes of at least 4 members (excludes halogenated alkanes) is 4. The fraction of sp³-hybridized carbons (Fsp3) is 0.800. The van der Waals surface area contributed by atoms with Gasteiger partial charge in [0.05, 0.1) is 8.47 Å². The lowest BCUT2D eigenvalue weighted by atomic mass is 10.4. The first-order valence-electron chi connectivity index (χ1n) is 9.55. The molecule has 4 heteroatoms. The van der Waals surface area contributed by atoms with Crippen LogP contribution >= 0.6 is 47.0 Å². The molecule has 0 saturated heterocycles. The SMILES string of the molecule is CCCCSC(=C=C=C(SCCCC)SCCCC)SCCCC. The Kier molecular flexibility index (Phi) is 20.6. The molecule has 0 aromatic heterocycles. The molecular weight excluding hydrogens is 368 g/mol. The summed E-state index contributed by atoms with van der Waals surface area (Å²) in [6.07, 6.45) is 10.2. The van der Waals surface area contributed by atoms with Crippen molar-refractivity contribution < 1.29 is 0 Å². The topological polar surface area (TPSA) is 0 Å². The molecule has 0 fully saturated rings. The van der Waals surface area contributed by atoms with E-state index in [0.29, 0.717) is 0 Å². The van der Waals surface area contributed by atoms with E-state index in [1.807, 2.05) is 47.0 Å². The molecule has 0 rings (SSSR count). The standard InChI is InChI=1S/C20H36S4/c1-5-9-15-21-19(22-16-10-6-2)13-14-20(23-17-11-7-3)24-18-12-8-4/h5-12,15-18H2,1-4H3. The van der Waals surface area contributed by atoms with Gasteiger partial charge in [-0.2, -0.15) is 0 Å². The fourth-order valence-corrected chi connectivity index (χ4v) is 6.20. The Labute approximate surface area is 168 Å². The minimum absolute atomic E-state index is 1.21. The molecule has 0 aliphatic rings. The highest BCUT2D eigenvalue weighted by Crippen LogP contribution is 2.31. The van der Waals surface area contributed by atoms with Crippen LogP contribution in [0.4, 0.5) is 0 Å². The maximum Gasteiger partial charge on any atom is 0.0909 e. The van der Waals surface area contributed by atoms with Gasteiger partial charge in [-0.15, -0.1) is 47.0 Å².